The van der Waals surface area contributed by atoms with Crippen LogP contribution >= 0.6 is 0 Å². The van der Waals surface area contributed by atoms with E-state index in [4.69, 9.17) is 10.3 Å². The second-order valence-corrected chi connectivity index (χ2v) is 3.68. The fourth-order valence-electron chi connectivity index (χ4n) is 1.77. The summed E-state index contributed by atoms with van der Waals surface area (Å²) in [7, 11) is 0. The molecule has 0 aliphatic carbocycles. The topological polar surface area (TPSA) is 52.0 Å². The molecule has 1 aromatic heterocycles. The first kappa shape index (κ1) is 8.97. The van der Waals surface area contributed by atoms with Gasteiger partial charge >= 0.3 is 0 Å². The van der Waals surface area contributed by atoms with Gasteiger partial charge in [0, 0.05) is 11.6 Å². The maximum Gasteiger partial charge on any atom is 0.169 e. The van der Waals surface area contributed by atoms with Gasteiger partial charge in [-0.05, 0) is 16.8 Å². The van der Waals surface area contributed by atoms with Gasteiger partial charge in [0.1, 0.15) is 0 Å². The number of hydrogen-bond acceptors (Lipinski definition) is 3. The smallest absolute Gasteiger partial charge is 0.169 e. The van der Waals surface area contributed by atoms with E-state index in [1.165, 1.54) is 10.8 Å². The number of aromatic nitrogens is 1. The second kappa shape index (κ2) is 3.38. The summed E-state index contributed by atoms with van der Waals surface area (Å²) in [5.74, 6) is 1.10. The Balaban J connectivity index is 2.18. The number of anilines is 1. The van der Waals surface area contributed by atoms with Crippen LogP contribution in [0.3, 0.4) is 0 Å². The molecule has 78 valence electrons. The van der Waals surface area contributed by atoms with Crippen molar-refractivity contribution in [1.29, 1.82) is 0 Å². The first-order chi connectivity index (χ1) is 7.83. The van der Waals surface area contributed by atoms with Crippen molar-refractivity contribution in [3.63, 3.8) is 0 Å². The van der Waals surface area contributed by atoms with E-state index < -0.39 is 0 Å². The summed E-state index contributed by atoms with van der Waals surface area (Å²) in [6.07, 6.45) is 0. The van der Waals surface area contributed by atoms with Gasteiger partial charge in [-0.15, -0.1) is 0 Å². The highest BCUT2D eigenvalue weighted by molar-refractivity contribution is 5.86. The van der Waals surface area contributed by atoms with Crippen LogP contribution in [0, 0.1) is 0 Å². The minimum absolute atomic E-state index is 0.406. The number of rotatable bonds is 1. The lowest BCUT2D eigenvalue weighted by atomic mass is 10.1. The number of fused-ring (bicyclic) bond motifs is 1. The van der Waals surface area contributed by atoms with Gasteiger partial charge in [0.15, 0.2) is 11.6 Å². The van der Waals surface area contributed by atoms with Crippen molar-refractivity contribution in [2.45, 2.75) is 0 Å². The fourth-order valence-corrected chi connectivity index (χ4v) is 1.77. The summed E-state index contributed by atoms with van der Waals surface area (Å²) >= 11 is 0. The van der Waals surface area contributed by atoms with E-state index in [1.807, 2.05) is 18.2 Å². The first-order valence-corrected chi connectivity index (χ1v) is 5.04. The van der Waals surface area contributed by atoms with Crippen LogP contribution in [0.25, 0.3) is 22.1 Å². The molecule has 0 atom stereocenters. The molecule has 0 amide bonds. The summed E-state index contributed by atoms with van der Waals surface area (Å²) in [4.78, 5) is 0. The van der Waals surface area contributed by atoms with Crippen molar-refractivity contribution >= 4 is 16.6 Å². The van der Waals surface area contributed by atoms with E-state index in [-0.39, 0.29) is 0 Å². The molecule has 3 nitrogen and oxygen atoms in total. The Labute approximate surface area is 92.5 Å². The summed E-state index contributed by atoms with van der Waals surface area (Å²) in [6, 6.07) is 16.0. The Hall–Kier alpha value is -2.29. The fraction of sp³-hybridized carbons (Fsp3) is 0. The monoisotopic (exact) mass is 210 g/mol. The molecule has 3 aromatic rings. The van der Waals surface area contributed by atoms with E-state index >= 15 is 0 Å². The van der Waals surface area contributed by atoms with E-state index in [9.17, 15) is 0 Å². The molecule has 0 saturated heterocycles. The average molecular weight is 210 g/mol. The van der Waals surface area contributed by atoms with Crippen molar-refractivity contribution in [3.8, 4) is 11.3 Å². The molecule has 1 heterocycles. The minimum Gasteiger partial charge on any atom is -0.381 e. The molecule has 3 rings (SSSR count). The summed E-state index contributed by atoms with van der Waals surface area (Å²) in [5.41, 5.74) is 6.51. The van der Waals surface area contributed by atoms with Gasteiger partial charge in [0.2, 0.25) is 0 Å². The highest BCUT2D eigenvalue weighted by atomic mass is 16.5. The van der Waals surface area contributed by atoms with Gasteiger partial charge < -0.3 is 10.3 Å². The summed E-state index contributed by atoms with van der Waals surface area (Å²) < 4.78 is 5.12. The standard InChI is InChI=1S/C13H10N2O/c14-13-8-12(16-15-13)11-6-5-9-3-1-2-4-10(9)7-11/h1-8H,(H2,14,15). The Morgan fingerprint density at radius 1 is 0.938 bits per heavy atom. The zero-order valence-corrected chi connectivity index (χ0v) is 8.55. The van der Waals surface area contributed by atoms with Crippen molar-refractivity contribution < 1.29 is 4.52 Å². The van der Waals surface area contributed by atoms with Crippen LogP contribution in [0.1, 0.15) is 0 Å². The molecular weight excluding hydrogens is 200 g/mol. The normalized spacial score (nSPS) is 10.8. The van der Waals surface area contributed by atoms with Crippen LogP contribution in [0.2, 0.25) is 0 Å². The lowest BCUT2D eigenvalue weighted by Gasteiger charge is -1.99. The lowest BCUT2D eigenvalue weighted by molar-refractivity contribution is 0.436. The van der Waals surface area contributed by atoms with Gasteiger partial charge in [-0.1, -0.05) is 41.6 Å². The first-order valence-electron chi connectivity index (χ1n) is 5.04. The SMILES string of the molecule is Nc1cc(-c2ccc3ccccc3c2)on1. The van der Waals surface area contributed by atoms with E-state index in [2.05, 4.69) is 29.4 Å². The number of hydrogen-bond donors (Lipinski definition) is 1. The van der Waals surface area contributed by atoms with Crippen LogP contribution in [0.4, 0.5) is 5.82 Å². The van der Waals surface area contributed by atoms with Gasteiger partial charge in [0.25, 0.3) is 0 Å². The predicted octanol–water partition coefficient (Wildman–Crippen LogP) is 3.08. The van der Waals surface area contributed by atoms with Gasteiger partial charge in [-0.3, -0.25) is 0 Å². The Bertz CT molecular complexity index is 643. The van der Waals surface area contributed by atoms with Crippen LogP contribution in [-0.4, -0.2) is 5.16 Å². The number of nitrogens with two attached hydrogens (primary N) is 1. The predicted molar refractivity (Wildman–Crippen MR) is 63.9 cm³/mol. The third-order valence-electron chi connectivity index (χ3n) is 2.56. The molecule has 0 unspecified atom stereocenters. The quantitative estimate of drug-likeness (QED) is 0.671. The molecule has 2 aromatic carbocycles. The van der Waals surface area contributed by atoms with Crippen LogP contribution < -0.4 is 5.73 Å². The van der Waals surface area contributed by atoms with Crippen molar-refractivity contribution in [2.75, 3.05) is 5.73 Å². The summed E-state index contributed by atoms with van der Waals surface area (Å²) in [5, 5.41) is 6.06. The zero-order chi connectivity index (χ0) is 11.0. The molecule has 0 radical (unpaired) electrons. The van der Waals surface area contributed by atoms with Crippen molar-refractivity contribution in [3.05, 3.63) is 48.5 Å². The largest absolute Gasteiger partial charge is 0.381 e. The molecule has 3 heteroatoms. The number of nitrogen functional groups attached to an aromatic ring is 1. The third kappa shape index (κ3) is 1.42. The second-order valence-electron chi connectivity index (χ2n) is 3.68. The van der Waals surface area contributed by atoms with Crippen LogP contribution in [-0.2, 0) is 0 Å². The molecule has 16 heavy (non-hydrogen) atoms. The van der Waals surface area contributed by atoms with Crippen LogP contribution in [0.15, 0.2) is 53.1 Å². The molecule has 0 aliphatic rings. The van der Waals surface area contributed by atoms with Gasteiger partial charge in [0.05, 0.1) is 0 Å². The Kier molecular flexibility index (Phi) is 1.90. The minimum atomic E-state index is 0.406. The Morgan fingerprint density at radius 3 is 2.50 bits per heavy atom. The zero-order valence-electron chi connectivity index (χ0n) is 8.55. The van der Waals surface area contributed by atoms with E-state index in [1.54, 1.807) is 6.07 Å². The van der Waals surface area contributed by atoms with Crippen LogP contribution in [0.5, 0.6) is 0 Å². The van der Waals surface area contributed by atoms with Gasteiger partial charge in [-0.2, -0.15) is 0 Å². The average Bonchev–Trinajstić information content (AvgIpc) is 2.75. The molecule has 0 saturated carbocycles. The molecule has 0 aliphatic heterocycles. The van der Waals surface area contributed by atoms with Crippen molar-refractivity contribution in [2.24, 2.45) is 0 Å². The highest BCUT2D eigenvalue weighted by Crippen LogP contribution is 2.25. The van der Waals surface area contributed by atoms with Crippen molar-refractivity contribution in [1.82, 2.24) is 5.16 Å². The molecule has 0 spiro atoms. The summed E-state index contributed by atoms with van der Waals surface area (Å²) in [6.45, 7) is 0. The maximum absolute atomic E-state index is 5.52. The van der Waals surface area contributed by atoms with E-state index in [0.717, 1.165) is 5.56 Å². The Morgan fingerprint density at radius 2 is 1.75 bits per heavy atom. The molecule has 2 N–H and O–H groups in total. The molecular formula is C13H10N2O. The lowest BCUT2D eigenvalue weighted by Crippen LogP contribution is -1.80. The number of nitrogens with zero attached hydrogens (tertiary/aromatic N) is 1. The maximum atomic E-state index is 5.52. The number of benzene rings is 2. The molecule has 0 bridgehead atoms. The highest BCUT2D eigenvalue weighted by Gasteiger charge is 2.04. The third-order valence-corrected chi connectivity index (χ3v) is 2.56. The molecule has 0 fully saturated rings. The van der Waals surface area contributed by atoms with E-state index in [0.29, 0.717) is 11.6 Å². The van der Waals surface area contributed by atoms with Gasteiger partial charge in [-0.25, -0.2) is 0 Å².